The van der Waals surface area contributed by atoms with E-state index in [0.29, 0.717) is 6.54 Å². The van der Waals surface area contributed by atoms with Crippen LogP contribution in [0.1, 0.15) is 12.7 Å². The van der Waals surface area contributed by atoms with Crippen molar-refractivity contribution in [2.24, 2.45) is 4.99 Å². The summed E-state index contributed by atoms with van der Waals surface area (Å²) < 4.78 is 23.7. The zero-order chi connectivity index (χ0) is 14.9. The molecular formula is C10H11FN5O3S+. The van der Waals surface area contributed by atoms with Gasteiger partial charge in [0.05, 0.1) is 30.9 Å². The number of aliphatic imine (C=N–C) groups is 1. The fourth-order valence-electron chi connectivity index (χ4n) is 2.02. The zero-order valence-corrected chi connectivity index (χ0v) is 11.5. The fourth-order valence-corrected chi connectivity index (χ4v) is 2.55. The summed E-state index contributed by atoms with van der Waals surface area (Å²) in [6.07, 6.45) is 0.619. The van der Waals surface area contributed by atoms with Crippen LogP contribution in [0.5, 0.6) is 0 Å². The number of halogens is 1. The Labute approximate surface area is 116 Å². The van der Waals surface area contributed by atoms with Gasteiger partial charge in [0.1, 0.15) is 11.3 Å². The van der Waals surface area contributed by atoms with Gasteiger partial charge >= 0.3 is 6.17 Å². The highest BCUT2D eigenvalue weighted by Crippen LogP contribution is 2.24. The number of rotatable bonds is 3. The Morgan fingerprint density at radius 2 is 2.10 bits per heavy atom. The van der Waals surface area contributed by atoms with E-state index in [1.165, 1.54) is 0 Å². The van der Waals surface area contributed by atoms with Crippen LogP contribution in [0.3, 0.4) is 0 Å². The average Bonchev–Trinajstić information content (AvgIpc) is 2.73. The largest absolute Gasteiger partial charge is 0.398 e. The molecule has 0 aromatic carbocycles. The molecule has 0 N–H and O–H groups in total. The van der Waals surface area contributed by atoms with Crippen LogP contribution in [0.2, 0.25) is 0 Å². The summed E-state index contributed by atoms with van der Waals surface area (Å²) in [5.41, 5.74) is 0. The van der Waals surface area contributed by atoms with Crippen molar-refractivity contribution in [2.75, 3.05) is 13.6 Å². The van der Waals surface area contributed by atoms with Crippen LogP contribution in [-0.4, -0.2) is 54.2 Å². The standard InChI is InChI=1S/C10H11FN5O3S/c1-3-16(2)8(7-12-4-6(11)5-13-7)14-9(20-19)10(16)15(17)18/h4-5,10H,3H2,1-2H3/q+1. The number of hydrogen-bond acceptors (Lipinski definition) is 5. The first-order valence-corrected chi connectivity index (χ1v) is 6.40. The van der Waals surface area contributed by atoms with Crippen molar-refractivity contribution in [1.29, 1.82) is 0 Å². The smallest absolute Gasteiger partial charge is 0.259 e. The second-order valence-electron chi connectivity index (χ2n) is 4.32. The Bertz CT molecular complexity index is 643. The van der Waals surface area contributed by atoms with Gasteiger partial charge in [-0.2, -0.15) is 4.99 Å². The minimum absolute atomic E-state index is 0.0197. The van der Waals surface area contributed by atoms with E-state index in [1.54, 1.807) is 14.0 Å². The quantitative estimate of drug-likeness (QED) is 0.333. The number of amidine groups is 1. The van der Waals surface area contributed by atoms with Crippen molar-refractivity contribution in [3.05, 3.63) is 34.1 Å². The van der Waals surface area contributed by atoms with Crippen LogP contribution >= 0.6 is 0 Å². The third kappa shape index (κ3) is 2.12. The first-order chi connectivity index (χ1) is 9.43. The SMILES string of the molecule is CC[N+]1(C)C(c2ncc(F)cn2)=NC(=S=O)C1[N+](=O)[O-]. The van der Waals surface area contributed by atoms with Gasteiger partial charge in [0.25, 0.3) is 10.8 Å². The van der Waals surface area contributed by atoms with Gasteiger partial charge < -0.3 is 0 Å². The van der Waals surface area contributed by atoms with Gasteiger partial charge in [-0.3, -0.25) is 10.1 Å². The highest BCUT2D eigenvalue weighted by Gasteiger charge is 2.56. The third-order valence-electron chi connectivity index (χ3n) is 3.22. The molecule has 0 spiro atoms. The maximum atomic E-state index is 12.9. The predicted octanol–water partition coefficient (Wildman–Crippen LogP) is -0.212. The lowest BCUT2D eigenvalue weighted by molar-refractivity contribution is -0.921. The Balaban J connectivity index is 2.59. The zero-order valence-electron chi connectivity index (χ0n) is 10.7. The average molecular weight is 300 g/mol. The summed E-state index contributed by atoms with van der Waals surface area (Å²) >= 11 is -0.0197. The molecule has 2 atom stereocenters. The number of likely N-dealkylation sites (N-methyl/N-ethyl adjacent to an activating group) is 1. The van der Waals surface area contributed by atoms with E-state index in [4.69, 9.17) is 0 Å². The van der Waals surface area contributed by atoms with Crippen LogP contribution < -0.4 is 0 Å². The molecule has 0 bridgehead atoms. The molecule has 0 saturated carbocycles. The van der Waals surface area contributed by atoms with Gasteiger partial charge in [-0.05, 0) is 6.92 Å². The van der Waals surface area contributed by atoms with Crippen LogP contribution in [0, 0.1) is 15.9 Å². The van der Waals surface area contributed by atoms with E-state index in [2.05, 4.69) is 15.0 Å². The Morgan fingerprint density at radius 1 is 1.50 bits per heavy atom. The number of hydrogen-bond donors (Lipinski definition) is 0. The molecule has 20 heavy (non-hydrogen) atoms. The van der Waals surface area contributed by atoms with Gasteiger partial charge in [0, 0.05) is 0 Å². The molecule has 0 amide bonds. The molecule has 0 saturated heterocycles. The summed E-state index contributed by atoms with van der Waals surface area (Å²) in [6.45, 7) is 2.04. The molecule has 10 heteroatoms. The van der Waals surface area contributed by atoms with Crippen molar-refractivity contribution in [1.82, 2.24) is 9.97 Å². The molecule has 1 aromatic heterocycles. The van der Waals surface area contributed by atoms with E-state index in [0.717, 1.165) is 12.4 Å². The third-order valence-corrected chi connectivity index (χ3v) is 3.70. The van der Waals surface area contributed by atoms with Crippen LogP contribution in [-0.2, 0) is 11.3 Å². The van der Waals surface area contributed by atoms with Gasteiger partial charge in [-0.1, -0.05) is 0 Å². The van der Waals surface area contributed by atoms with Gasteiger partial charge in [-0.15, -0.1) is 0 Å². The molecule has 2 rings (SSSR count). The topological polar surface area (TPSA) is 98.3 Å². The monoisotopic (exact) mass is 300 g/mol. The van der Waals surface area contributed by atoms with E-state index in [-0.39, 0.29) is 32.4 Å². The molecule has 1 aromatic rings. The second kappa shape index (κ2) is 5.13. The molecule has 0 radical (unpaired) electrons. The maximum absolute atomic E-state index is 12.9. The van der Waals surface area contributed by atoms with Crippen LogP contribution in [0.25, 0.3) is 0 Å². The summed E-state index contributed by atoms with van der Waals surface area (Å²) in [4.78, 5) is 22.1. The lowest BCUT2D eigenvalue weighted by Gasteiger charge is -2.28. The first kappa shape index (κ1) is 14.3. The normalized spacial score (nSPS) is 25.4. The summed E-state index contributed by atoms with van der Waals surface area (Å²) in [6, 6.07) is 0. The lowest BCUT2D eigenvalue weighted by atomic mass is 10.3. The van der Waals surface area contributed by atoms with Crippen molar-refractivity contribution in [2.45, 2.75) is 13.1 Å². The van der Waals surface area contributed by atoms with E-state index < -0.39 is 16.9 Å². The molecular weight excluding hydrogens is 289 g/mol. The van der Waals surface area contributed by atoms with E-state index >= 15 is 0 Å². The molecule has 0 fully saturated rings. The van der Waals surface area contributed by atoms with Crippen molar-refractivity contribution < 1.29 is 18.0 Å². The fraction of sp³-hybridized carbons (Fsp3) is 0.400. The Kier molecular flexibility index (Phi) is 3.68. The van der Waals surface area contributed by atoms with E-state index in [1.807, 2.05) is 0 Å². The molecule has 2 heterocycles. The molecule has 1 aliphatic heterocycles. The Hall–Kier alpha value is -2.07. The van der Waals surface area contributed by atoms with Gasteiger partial charge in [0.2, 0.25) is 5.82 Å². The molecule has 0 aliphatic carbocycles. The highest BCUT2D eigenvalue weighted by atomic mass is 32.1. The van der Waals surface area contributed by atoms with Gasteiger partial charge in [0.15, 0.2) is 5.82 Å². The first-order valence-electron chi connectivity index (χ1n) is 5.66. The minimum Gasteiger partial charge on any atom is -0.259 e. The summed E-state index contributed by atoms with van der Waals surface area (Å²) in [7, 11) is 1.57. The molecule has 8 nitrogen and oxygen atoms in total. The lowest BCUT2D eigenvalue weighted by Crippen LogP contribution is -2.58. The molecule has 106 valence electrons. The van der Waals surface area contributed by atoms with Gasteiger partial charge in [-0.25, -0.2) is 23.1 Å². The predicted molar refractivity (Wildman–Crippen MR) is 69.2 cm³/mol. The Morgan fingerprint density at radius 3 is 2.55 bits per heavy atom. The summed E-state index contributed by atoms with van der Waals surface area (Å²) in [5, 5.41) is 11.2. The van der Waals surface area contributed by atoms with Crippen molar-refractivity contribution >= 4 is 22.1 Å². The number of aromatic nitrogens is 2. The number of quaternary nitrogens is 1. The number of nitrogens with zero attached hydrogens (tertiary/aromatic N) is 5. The second-order valence-corrected chi connectivity index (χ2v) is 4.91. The van der Waals surface area contributed by atoms with E-state index in [9.17, 15) is 18.7 Å². The maximum Gasteiger partial charge on any atom is 0.398 e. The summed E-state index contributed by atoms with van der Waals surface area (Å²) in [5.74, 6) is -0.356. The molecule has 2 unspecified atom stereocenters. The number of nitro groups is 1. The van der Waals surface area contributed by atoms with Crippen LogP contribution in [0.4, 0.5) is 4.39 Å². The molecule has 1 aliphatic rings. The minimum atomic E-state index is -1.29. The van der Waals surface area contributed by atoms with Crippen molar-refractivity contribution in [3.8, 4) is 0 Å². The van der Waals surface area contributed by atoms with Crippen molar-refractivity contribution in [3.63, 3.8) is 0 Å². The highest BCUT2D eigenvalue weighted by molar-refractivity contribution is 7.66. The van der Waals surface area contributed by atoms with Crippen LogP contribution in [0.15, 0.2) is 17.4 Å².